The predicted molar refractivity (Wildman–Crippen MR) is 212 cm³/mol. The quantitative estimate of drug-likeness (QED) is 0.0871. The minimum atomic E-state index is -4.93. The van der Waals surface area contributed by atoms with Crippen molar-refractivity contribution in [2.75, 3.05) is 12.3 Å². The molecule has 0 radical (unpaired) electrons. The Morgan fingerprint density at radius 1 is 0.388 bits per heavy atom. The van der Waals surface area contributed by atoms with Crippen LogP contribution >= 0.6 is 13.7 Å². The molecule has 0 aliphatic carbocycles. The normalized spacial score (nSPS) is 13.6. The molecule has 0 aliphatic heterocycles. The topological polar surface area (TPSA) is 52.6 Å². The molecule has 0 bridgehead atoms. The standard InChI is InChI=1S/C42H40O4P2S/c1-3-35-47(37-23-11-5-12-24-37,38-25-13-6-14-26-38,39-27-15-7-16-28-39)45-49(43,44)46-48(36-4-2,40-29-17-8-18-30-40,41-31-19-9-20-32-41)42-33-21-10-22-34-42/h3-34H,1-2,35-36H2. The van der Waals surface area contributed by atoms with Crippen molar-refractivity contribution in [3.05, 3.63) is 207 Å². The minimum absolute atomic E-state index is 0.200. The van der Waals surface area contributed by atoms with Crippen LogP contribution in [0.2, 0.25) is 0 Å². The molecule has 0 saturated carbocycles. The Kier molecular flexibility index (Phi) is 9.69. The Hall–Kier alpha value is -4.47. The first-order valence-corrected chi connectivity index (χ1v) is 22.1. The van der Waals surface area contributed by atoms with E-state index in [1.54, 1.807) is 12.2 Å². The summed E-state index contributed by atoms with van der Waals surface area (Å²) in [6.07, 6.45) is 3.92. The van der Waals surface area contributed by atoms with Crippen LogP contribution in [0.4, 0.5) is 0 Å². The summed E-state index contributed by atoms with van der Waals surface area (Å²) >= 11 is 0. The molecule has 0 amide bonds. The summed E-state index contributed by atoms with van der Waals surface area (Å²) < 4.78 is 45.4. The van der Waals surface area contributed by atoms with Crippen LogP contribution in [0.5, 0.6) is 0 Å². The van der Waals surface area contributed by atoms with Gasteiger partial charge >= 0.3 is 292 Å². The van der Waals surface area contributed by atoms with Crippen LogP contribution in [0.1, 0.15) is 0 Å². The van der Waals surface area contributed by atoms with Gasteiger partial charge in [-0.05, 0) is 0 Å². The van der Waals surface area contributed by atoms with Gasteiger partial charge in [0.25, 0.3) is 0 Å². The van der Waals surface area contributed by atoms with Gasteiger partial charge in [0, 0.05) is 0 Å². The molecular weight excluding hydrogens is 662 g/mol. The maximum atomic E-state index is 15.6. The van der Waals surface area contributed by atoms with Crippen molar-refractivity contribution in [3.8, 4) is 0 Å². The third kappa shape index (κ3) is 5.63. The monoisotopic (exact) mass is 702 g/mol. The van der Waals surface area contributed by atoms with E-state index in [2.05, 4.69) is 13.2 Å². The first kappa shape index (κ1) is 34.4. The summed E-state index contributed by atoms with van der Waals surface area (Å²) in [5.74, 6) is 0. The predicted octanol–water partition coefficient (Wildman–Crippen LogP) is 7.53. The molecule has 0 spiro atoms. The van der Waals surface area contributed by atoms with E-state index < -0.39 is 24.1 Å². The Morgan fingerprint density at radius 3 is 0.735 bits per heavy atom. The van der Waals surface area contributed by atoms with E-state index in [9.17, 15) is 0 Å². The van der Waals surface area contributed by atoms with E-state index in [0.29, 0.717) is 0 Å². The van der Waals surface area contributed by atoms with E-state index in [4.69, 9.17) is 7.94 Å². The summed E-state index contributed by atoms with van der Waals surface area (Å²) in [4.78, 5) is 0. The second-order valence-corrected chi connectivity index (χ2v) is 22.6. The van der Waals surface area contributed by atoms with Gasteiger partial charge in [-0.3, -0.25) is 0 Å². The summed E-state index contributed by atoms with van der Waals surface area (Å²) in [7, 11) is -4.93. The van der Waals surface area contributed by atoms with E-state index >= 15 is 8.42 Å². The van der Waals surface area contributed by atoms with Crippen LogP contribution in [-0.4, -0.2) is 20.7 Å². The van der Waals surface area contributed by atoms with Gasteiger partial charge in [0.05, 0.1) is 0 Å². The SMILES string of the molecule is C=CCP(OS(=O)(=O)OP(CC=C)(c1ccccc1)(c1ccccc1)c1ccccc1)(c1ccccc1)(c1ccccc1)c1ccccc1. The number of rotatable bonds is 14. The van der Waals surface area contributed by atoms with E-state index in [0.717, 1.165) is 31.8 Å². The van der Waals surface area contributed by atoms with Crippen molar-refractivity contribution in [2.45, 2.75) is 0 Å². The van der Waals surface area contributed by atoms with Crippen LogP contribution in [-0.2, 0) is 18.3 Å². The fourth-order valence-electron chi connectivity index (χ4n) is 7.22. The summed E-state index contributed by atoms with van der Waals surface area (Å²) in [6, 6.07) is 57.9. The molecular formula is C42H40O4P2S. The molecule has 0 heterocycles. The van der Waals surface area contributed by atoms with Gasteiger partial charge in [-0.15, -0.1) is 0 Å². The van der Waals surface area contributed by atoms with Crippen LogP contribution in [0.25, 0.3) is 0 Å². The molecule has 0 unspecified atom stereocenters. The number of allylic oxidation sites excluding steroid dienone is 2. The van der Waals surface area contributed by atoms with Gasteiger partial charge in [0.1, 0.15) is 0 Å². The Bertz CT molecular complexity index is 1780. The van der Waals surface area contributed by atoms with E-state index in [-0.39, 0.29) is 12.3 Å². The average molecular weight is 703 g/mol. The van der Waals surface area contributed by atoms with Crippen LogP contribution in [0, 0.1) is 0 Å². The molecule has 49 heavy (non-hydrogen) atoms. The molecule has 7 heteroatoms. The Labute approximate surface area is 290 Å². The second kappa shape index (κ2) is 13.8. The molecule has 6 aromatic carbocycles. The summed E-state index contributed by atoms with van der Waals surface area (Å²) in [6.45, 7) is -0.546. The number of hydrogen-bond donors (Lipinski definition) is 0. The molecule has 248 valence electrons. The van der Waals surface area contributed by atoms with Crippen LogP contribution in [0.3, 0.4) is 0 Å². The molecule has 0 aliphatic rings. The van der Waals surface area contributed by atoms with Crippen molar-refractivity contribution >= 4 is 55.9 Å². The second-order valence-electron chi connectivity index (χ2n) is 11.9. The third-order valence-corrected chi connectivity index (χ3v) is 23.6. The molecule has 4 nitrogen and oxygen atoms in total. The van der Waals surface area contributed by atoms with Crippen molar-refractivity contribution in [1.29, 1.82) is 0 Å². The maximum absolute atomic E-state index is 15.6. The van der Waals surface area contributed by atoms with Crippen molar-refractivity contribution < 1.29 is 16.4 Å². The zero-order chi connectivity index (χ0) is 34.3. The van der Waals surface area contributed by atoms with E-state index in [1.807, 2.05) is 182 Å². The van der Waals surface area contributed by atoms with Crippen LogP contribution < -0.4 is 31.8 Å². The third-order valence-electron chi connectivity index (χ3n) is 9.28. The molecule has 0 atom stereocenters. The van der Waals surface area contributed by atoms with Gasteiger partial charge in [0.2, 0.25) is 0 Å². The fourth-order valence-corrected chi connectivity index (χ4v) is 22.2. The molecule has 0 aromatic heterocycles. The first-order chi connectivity index (χ1) is 23.8. The molecule has 0 saturated heterocycles. The van der Waals surface area contributed by atoms with Crippen LogP contribution in [0.15, 0.2) is 207 Å². The van der Waals surface area contributed by atoms with Gasteiger partial charge in [-0.1, -0.05) is 0 Å². The fraction of sp³-hybridized carbons (Fsp3) is 0.0476. The zero-order valence-electron chi connectivity index (χ0n) is 27.2. The Morgan fingerprint density at radius 2 is 0.571 bits per heavy atom. The zero-order valence-corrected chi connectivity index (χ0v) is 29.8. The van der Waals surface area contributed by atoms with Crippen molar-refractivity contribution in [3.63, 3.8) is 0 Å². The summed E-state index contributed by atoms with van der Waals surface area (Å²) in [5.41, 5.74) is 0. The molecule has 0 N–H and O–H groups in total. The van der Waals surface area contributed by atoms with Gasteiger partial charge in [-0.2, -0.15) is 0 Å². The van der Waals surface area contributed by atoms with Gasteiger partial charge < -0.3 is 0 Å². The van der Waals surface area contributed by atoms with Crippen molar-refractivity contribution in [1.82, 2.24) is 0 Å². The first-order valence-electron chi connectivity index (χ1n) is 16.1. The average Bonchev–Trinajstić information content (AvgIpc) is 3.16. The van der Waals surface area contributed by atoms with E-state index in [1.165, 1.54) is 0 Å². The molecule has 6 rings (SSSR count). The summed E-state index contributed by atoms with van der Waals surface area (Å²) in [5, 5.41) is 4.42. The van der Waals surface area contributed by atoms with Gasteiger partial charge in [0.15, 0.2) is 0 Å². The molecule has 0 fully saturated rings. The number of hydrogen-bond acceptors (Lipinski definition) is 4. The van der Waals surface area contributed by atoms with Gasteiger partial charge in [-0.25, -0.2) is 0 Å². The number of benzene rings is 6. The Balaban J connectivity index is 1.75. The molecule has 6 aromatic rings. The van der Waals surface area contributed by atoms with Crippen molar-refractivity contribution in [2.24, 2.45) is 0 Å².